The van der Waals surface area contributed by atoms with Crippen LogP contribution in [0.2, 0.25) is 0 Å². The summed E-state index contributed by atoms with van der Waals surface area (Å²) in [6.07, 6.45) is 6.49. The molecule has 1 aliphatic carbocycles. The molecule has 4 heteroatoms. The fraction of sp³-hybridized carbons (Fsp3) is 0.941. The Bertz CT molecular complexity index is 324. The number of nitrogens with one attached hydrogen (secondary N) is 1. The maximum atomic E-state index is 12.0. The van der Waals surface area contributed by atoms with Gasteiger partial charge in [0.25, 0.3) is 0 Å². The highest BCUT2D eigenvalue weighted by atomic mass is 16.1. The van der Waals surface area contributed by atoms with E-state index in [0.717, 1.165) is 44.1 Å². The number of likely N-dealkylation sites (tertiary alicyclic amines) is 1. The predicted molar refractivity (Wildman–Crippen MR) is 86.9 cm³/mol. The van der Waals surface area contributed by atoms with Gasteiger partial charge in [-0.05, 0) is 56.9 Å². The second-order valence-electron chi connectivity index (χ2n) is 7.47. The Morgan fingerprint density at radius 2 is 1.86 bits per heavy atom. The lowest BCUT2D eigenvalue weighted by atomic mass is 9.92. The minimum atomic E-state index is 0.170. The van der Waals surface area contributed by atoms with E-state index in [0.29, 0.717) is 0 Å². The van der Waals surface area contributed by atoms with E-state index in [9.17, 15) is 4.79 Å². The second kappa shape index (κ2) is 8.14. The summed E-state index contributed by atoms with van der Waals surface area (Å²) < 4.78 is 0. The smallest absolute Gasteiger partial charge is 0.223 e. The maximum Gasteiger partial charge on any atom is 0.223 e. The van der Waals surface area contributed by atoms with E-state index in [2.05, 4.69) is 24.1 Å². The van der Waals surface area contributed by atoms with Crippen LogP contribution < -0.4 is 11.1 Å². The third-order valence-electron chi connectivity index (χ3n) is 4.99. The predicted octanol–water partition coefficient (Wildman–Crippen LogP) is 1.99. The lowest BCUT2D eigenvalue weighted by Gasteiger charge is -2.34. The first-order chi connectivity index (χ1) is 10.0. The Hall–Kier alpha value is -0.610. The number of hydrogen-bond acceptors (Lipinski definition) is 3. The van der Waals surface area contributed by atoms with Crippen LogP contribution in [0.15, 0.2) is 0 Å². The van der Waals surface area contributed by atoms with E-state index in [1.807, 2.05) is 0 Å². The summed E-state index contributed by atoms with van der Waals surface area (Å²) in [4.78, 5) is 14.6. The van der Waals surface area contributed by atoms with Crippen molar-refractivity contribution < 1.29 is 4.79 Å². The molecule has 122 valence electrons. The van der Waals surface area contributed by atoms with E-state index in [1.165, 1.54) is 32.5 Å². The molecule has 4 unspecified atom stereocenters. The monoisotopic (exact) mass is 295 g/mol. The normalized spacial score (nSPS) is 34.0. The number of piperidine rings is 1. The van der Waals surface area contributed by atoms with Gasteiger partial charge in [0.1, 0.15) is 0 Å². The molecule has 1 heterocycles. The largest absolute Gasteiger partial charge is 0.356 e. The van der Waals surface area contributed by atoms with Crippen molar-refractivity contribution in [1.29, 1.82) is 0 Å². The number of rotatable bonds is 6. The van der Waals surface area contributed by atoms with Crippen LogP contribution in [0.1, 0.15) is 52.4 Å². The van der Waals surface area contributed by atoms with E-state index in [-0.39, 0.29) is 17.9 Å². The number of carbonyl (C=O) groups excluding carboxylic acids is 1. The number of hydrogen-bond donors (Lipinski definition) is 2. The van der Waals surface area contributed by atoms with Crippen LogP contribution >= 0.6 is 0 Å². The first-order valence-electron chi connectivity index (χ1n) is 8.80. The van der Waals surface area contributed by atoms with Crippen LogP contribution in [0.3, 0.4) is 0 Å². The topological polar surface area (TPSA) is 58.4 Å². The average Bonchev–Trinajstić information content (AvgIpc) is 2.84. The summed E-state index contributed by atoms with van der Waals surface area (Å²) in [7, 11) is 0. The molecule has 1 saturated heterocycles. The molecule has 0 aromatic carbocycles. The van der Waals surface area contributed by atoms with Crippen molar-refractivity contribution in [2.75, 3.05) is 26.2 Å². The molecule has 4 nitrogen and oxygen atoms in total. The SMILES string of the molecule is CC1CC(C)CN(CCCCNC(=O)C2CCC(N)C2)C1. The molecule has 0 aromatic heterocycles. The van der Waals surface area contributed by atoms with Crippen molar-refractivity contribution in [2.45, 2.75) is 58.4 Å². The van der Waals surface area contributed by atoms with Gasteiger partial charge in [0, 0.05) is 31.6 Å². The first kappa shape index (κ1) is 16.8. The Kier molecular flexibility index (Phi) is 6.49. The summed E-state index contributed by atoms with van der Waals surface area (Å²) in [5.41, 5.74) is 5.86. The zero-order chi connectivity index (χ0) is 15.2. The minimum Gasteiger partial charge on any atom is -0.356 e. The van der Waals surface area contributed by atoms with Crippen molar-refractivity contribution in [1.82, 2.24) is 10.2 Å². The van der Waals surface area contributed by atoms with Gasteiger partial charge in [-0.1, -0.05) is 13.8 Å². The van der Waals surface area contributed by atoms with Crippen LogP contribution in [-0.2, 0) is 4.79 Å². The Labute approximate surface area is 129 Å². The Morgan fingerprint density at radius 1 is 1.14 bits per heavy atom. The van der Waals surface area contributed by atoms with Gasteiger partial charge in [-0.15, -0.1) is 0 Å². The van der Waals surface area contributed by atoms with E-state index < -0.39 is 0 Å². The highest BCUT2D eigenvalue weighted by Crippen LogP contribution is 2.24. The van der Waals surface area contributed by atoms with Crippen molar-refractivity contribution >= 4 is 5.91 Å². The molecule has 2 fully saturated rings. The quantitative estimate of drug-likeness (QED) is 0.737. The third-order valence-corrected chi connectivity index (χ3v) is 4.99. The van der Waals surface area contributed by atoms with E-state index in [4.69, 9.17) is 5.73 Å². The number of unbranched alkanes of at least 4 members (excludes halogenated alkanes) is 1. The van der Waals surface area contributed by atoms with Crippen LogP contribution in [0, 0.1) is 17.8 Å². The van der Waals surface area contributed by atoms with Gasteiger partial charge in [0.15, 0.2) is 0 Å². The molecule has 1 saturated carbocycles. The highest BCUT2D eigenvalue weighted by Gasteiger charge is 2.27. The molecule has 2 rings (SSSR count). The van der Waals surface area contributed by atoms with Crippen LogP contribution in [-0.4, -0.2) is 43.0 Å². The van der Waals surface area contributed by atoms with Crippen molar-refractivity contribution in [3.05, 3.63) is 0 Å². The molecule has 2 aliphatic rings. The molecule has 3 N–H and O–H groups in total. The molecule has 1 amide bonds. The van der Waals surface area contributed by atoms with Gasteiger partial charge in [-0.2, -0.15) is 0 Å². The van der Waals surface area contributed by atoms with Gasteiger partial charge in [0.05, 0.1) is 0 Å². The molecular formula is C17H33N3O. The van der Waals surface area contributed by atoms with Gasteiger partial charge in [-0.25, -0.2) is 0 Å². The van der Waals surface area contributed by atoms with E-state index >= 15 is 0 Å². The van der Waals surface area contributed by atoms with Crippen molar-refractivity contribution in [3.63, 3.8) is 0 Å². The molecule has 0 bridgehead atoms. The number of amides is 1. The summed E-state index contributed by atoms with van der Waals surface area (Å²) in [6.45, 7) is 9.21. The average molecular weight is 295 g/mol. The molecule has 4 atom stereocenters. The first-order valence-corrected chi connectivity index (χ1v) is 8.80. The number of nitrogens with zero attached hydrogens (tertiary/aromatic N) is 1. The highest BCUT2D eigenvalue weighted by molar-refractivity contribution is 5.78. The molecular weight excluding hydrogens is 262 g/mol. The zero-order valence-electron chi connectivity index (χ0n) is 13.8. The summed E-state index contributed by atoms with van der Waals surface area (Å²) in [5, 5.41) is 3.09. The van der Waals surface area contributed by atoms with Crippen LogP contribution in [0.5, 0.6) is 0 Å². The summed E-state index contributed by atoms with van der Waals surface area (Å²) in [5.74, 6) is 2.06. The van der Waals surface area contributed by atoms with Crippen molar-refractivity contribution in [3.8, 4) is 0 Å². The molecule has 0 aromatic rings. The van der Waals surface area contributed by atoms with Crippen LogP contribution in [0.25, 0.3) is 0 Å². The Balaban J connectivity index is 1.53. The third kappa shape index (κ3) is 5.59. The molecule has 1 aliphatic heterocycles. The standard InChI is InChI=1S/C17H33N3O/c1-13-9-14(2)12-20(11-13)8-4-3-7-19-17(21)15-5-6-16(18)10-15/h13-16H,3-12,18H2,1-2H3,(H,19,21). The summed E-state index contributed by atoms with van der Waals surface area (Å²) >= 11 is 0. The summed E-state index contributed by atoms with van der Waals surface area (Å²) in [6, 6.07) is 0.240. The fourth-order valence-corrected chi connectivity index (χ4v) is 4.05. The molecule has 0 spiro atoms. The van der Waals surface area contributed by atoms with Gasteiger partial charge in [-0.3, -0.25) is 4.79 Å². The van der Waals surface area contributed by atoms with Crippen LogP contribution in [0.4, 0.5) is 0 Å². The second-order valence-corrected chi connectivity index (χ2v) is 7.47. The zero-order valence-corrected chi connectivity index (χ0v) is 13.8. The van der Waals surface area contributed by atoms with Crippen molar-refractivity contribution in [2.24, 2.45) is 23.5 Å². The lowest BCUT2D eigenvalue weighted by molar-refractivity contribution is -0.124. The van der Waals surface area contributed by atoms with Gasteiger partial charge >= 0.3 is 0 Å². The fourth-order valence-electron chi connectivity index (χ4n) is 4.05. The molecule has 0 radical (unpaired) electrons. The Morgan fingerprint density at radius 3 is 2.48 bits per heavy atom. The number of carbonyl (C=O) groups is 1. The minimum absolute atomic E-state index is 0.170. The lowest BCUT2D eigenvalue weighted by Crippen LogP contribution is -2.39. The number of nitrogens with two attached hydrogens (primary N) is 1. The van der Waals surface area contributed by atoms with Gasteiger partial charge in [0.2, 0.25) is 5.91 Å². The molecule has 21 heavy (non-hydrogen) atoms. The maximum absolute atomic E-state index is 12.0. The van der Waals surface area contributed by atoms with E-state index in [1.54, 1.807) is 0 Å². The van der Waals surface area contributed by atoms with Gasteiger partial charge < -0.3 is 16.0 Å².